The van der Waals surface area contributed by atoms with Crippen molar-refractivity contribution in [2.24, 2.45) is 11.5 Å². The number of unbranched alkanes of at least 4 members (excludes halogenated alkanes) is 1. The van der Waals surface area contributed by atoms with E-state index in [2.05, 4.69) is 31.6 Å². The topological polar surface area (TPSA) is 251 Å². The predicted octanol–water partition coefficient (Wildman–Crippen LogP) is 2.35. The summed E-state index contributed by atoms with van der Waals surface area (Å²) in [5.74, 6) is -4.55. The Morgan fingerprint density at radius 2 is 1.17 bits per heavy atom. The summed E-state index contributed by atoms with van der Waals surface area (Å²) in [5.41, 5.74) is 14.4. The third-order valence-electron chi connectivity index (χ3n) is 10.3. The molecule has 0 bridgehead atoms. The highest BCUT2D eigenvalue weighted by atomic mass is 16.4. The molecule has 5 amide bonds. The van der Waals surface area contributed by atoms with E-state index in [9.17, 15) is 33.9 Å². The van der Waals surface area contributed by atoms with Crippen molar-refractivity contribution >= 4 is 57.2 Å². The van der Waals surface area contributed by atoms with Gasteiger partial charge >= 0.3 is 5.97 Å². The average Bonchev–Trinajstić information content (AvgIpc) is 3.65. The van der Waals surface area contributed by atoms with E-state index in [4.69, 9.17) is 11.5 Å². The molecule has 0 spiro atoms. The lowest BCUT2D eigenvalue weighted by Crippen LogP contribution is -2.59. The van der Waals surface area contributed by atoms with E-state index in [1.165, 1.54) is 13.8 Å². The van der Waals surface area contributed by atoms with Crippen molar-refractivity contribution in [1.82, 2.24) is 31.6 Å². The fraction of sp³-hybridized carbons (Fsp3) is 0.333. The monoisotopic (exact) mass is 818 g/mol. The van der Waals surface area contributed by atoms with Gasteiger partial charge in [-0.15, -0.1) is 0 Å². The molecule has 0 fully saturated rings. The maximum Gasteiger partial charge on any atom is 0.326 e. The summed E-state index contributed by atoms with van der Waals surface area (Å²) in [6.45, 7) is 3.32. The van der Waals surface area contributed by atoms with Gasteiger partial charge in [-0.3, -0.25) is 24.0 Å². The van der Waals surface area contributed by atoms with Gasteiger partial charge in [-0.2, -0.15) is 0 Å². The standard InChI is InChI=1S/C45H54N8O7/c1-27(47)40(54)51-38(24-30-19-20-31-14-6-7-15-32(31)22-30)42(56)49-28(2)41(55)52-39(25-33-26-48-35-17-9-8-16-34(33)35)44(58)53-37(23-29-12-4-3-5-13-29)43(57)50-36(45(59)60)18-10-11-21-46/h3-9,12-17,19-20,22,26-28,36-39,48H,10-11,18,21,23-25,46-47H2,1-2H3,(H,49,56)(H,50,57)(H,51,54)(H,52,55)(H,53,58)(H,59,60)/t27-,28+,36+,37-,38-,39+/m1/s1. The van der Waals surface area contributed by atoms with Gasteiger partial charge in [0, 0.05) is 36.4 Å². The van der Waals surface area contributed by atoms with E-state index < -0.39 is 71.8 Å². The van der Waals surface area contributed by atoms with Gasteiger partial charge in [0.25, 0.3) is 0 Å². The third kappa shape index (κ3) is 12.5. The SMILES string of the molecule is C[C@H](NC(=O)[C@@H](Cc1ccc2ccccc2c1)NC(=O)[C@@H](C)N)C(=O)N[C@@H](Cc1c[nH]c2ccccc12)C(=O)N[C@H](Cc1ccccc1)C(=O)N[C@@H](CCCCN)C(=O)O. The number of H-pyrrole nitrogens is 1. The van der Waals surface area contributed by atoms with Crippen molar-refractivity contribution in [3.05, 3.63) is 120 Å². The second-order valence-electron chi connectivity index (χ2n) is 15.0. The molecule has 0 aliphatic heterocycles. The molecule has 5 rings (SSSR count). The molecule has 0 saturated carbocycles. The van der Waals surface area contributed by atoms with E-state index in [1.54, 1.807) is 36.5 Å². The van der Waals surface area contributed by atoms with Gasteiger partial charge in [0.05, 0.1) is 6.04 Å². The van der Waals surface area contributed by atoms with Crippen LogP contribution in [-0.2, 0) is 48.0 Å². The number of nitrogens with one attached hydrogen (secondary N) is 6. The zero-order chi connectivity index (χ0) is 43.2. The first-order chi connectivity index (χ1) is 28.8. The first-order valence-electron chi connectivity index (χ1n) is 20.1. The molecular weight excluding hydrogens is 765 g/mol. The Labute approximate surface area is 348 Å². The summed E-state index contributed by atoms with van der Waals surface area (Å²) in [4.78, 5) is 83.8. The van der Waals surface area contributed by atoms with Crippen LogP contribution >= 0.6 is 0 Å². The molecule has 5 aromatic rings. The van der Waals surface area contributed by atoms with Gasteiger partial charge in [0.2, 0.25) is 29.5 Å². The maximum atomic E-state index is 14.3. The number of hydrogen-bond acceptors (Lipinski definition) is 8. The smallest absolute Gasteiger partial charge is 0.326 e. The molecule has 0 unspecified atom stereocenters. The molecule has 11 N–H and O–H groups in total. The highest BCUT2D eigenvalue weighted by Crippen LogP contribution is 2.20. The minimum Gasteiger partial charge on any atom is -0.480 e. The van der Waals surface area contributed by atoms with Crippen molar-refractivity contribution in [1.29, 1.82) is 0 Å². The third-order valence-corrected chi connectivity index (χ3v) is 10.3. The Balaban J connectivity index is 1.37. The van der Waals surface area contributed by atoms with E-state index in [-0.39, 0.29) is 25.7 Å². The Morgan fingerprint density at radius 1 is 0.600 bits per heavy atom. The molecule has 0 aliphatic rings. The lowest BCUT2D eigenvalue weighted by Gasteiger charge is -2.26. The maximum absolute atomic E-state index is 14.3. The van der Waals surface area contributed by atoms with Gasteiger partial charge in [0.15, 0.2) is 0 Å². The first-order valence-corrected chi connectivity index (χ1v) is 20.1. The highest BCUT2D eigenvalue weighted by molar-refractivity contribution is 5.97. The molecule has 1 heterocycles. The fourth-order valence-electron chi connectivity index (χ4n) is 6.87. The lowest BCUT2D eigenvalue weighted by molar-refractivity contribution is -0.142. The van der Waals surface area contributed by atoms with Crippen molar-refractivity contribution in [2.75, 3.05) is 6.54 Å². The molecule has 15 heteroatoms. The zero-order valence-electron chi connectivity index (χ0n) is 33.8. The number of aliphatic carboxylic acids is 1. The van der Waals surface area contributed by atoms with Crippen LogP contribution in [0.2, 0.25) is 0 Å². The largest absolute Gasteiger partial charge is 0.480 e. The second kappa shape index (κ2) is 21.4. The van der Waals surface area contributed by atoms with E-state index in [1.807, 2.05) is 66.7 Å². The number of para-hydroxylation sites is 1. The van der Waals surface area contributed by atoms with Gasteiger partial charge in [0.1, 0.15) is 30.2 Å². The Bertz CT molecular complexity index is 2280. The van der Waals surface area contributed by atoms with Gasteiger partial charge in [-0.1, -0.05) is 91.0 Å². The number of fused-ring (bicyclic) bond motifs is 2. The Hall–Kier alpha value is -6.58. The lowest BCUT2D eigenvalue weighted by atomic mass is 10.0. The van der Waals surface area contributed by atoms with Gasteiger partial charge < -0.3 is 48.1 Å². The summed E-state index contributed by atoms with van der Waals surface area (Å²) >= 11 is 0. The normalized spacial score (nSPS) is 14.2. The van der Waals surface area contributed by atoms with Crippen LogP contribution in [0.3, 0.4) is 0 Å². The average molecular weight is 819 g/mol. The van der Waals surface area contributed by atoms with Gasteiger partial charge in [-0.05, 0) is 73.2 Å². The number of carbonyl (C=O) groups excluding carboxylic acids is 5. The van der Waals surface area contributed by atoms with Crippen LogP contribution in [0.5, 0.6) is 0 Å². The molecule has 6 atom stereocenters. The molecule has 0 aliphatic carbocycles. The summed E-state index contributed by atoms with van der Waals surface area (Å²) in [6, 6.07) is 22.9. The summed E-state index contributed by atoms with van der Waals surface area (Å²) in [6.07, 6.45) is 3.05. The number of nitrogens with two attached hydrogens (primary N) is 2. The van der Waals surface area contributed by atoms with Crippen LogP contribution in [-0.4, -0.2) is 88.4 Å². The van der Waals surface area contributed by atoms with Crippen LogP contribution in [0.4, 0.5) is 0 Å². The molecule has 316 valence electrons. The number of carboxylic acid groups (broad SMARTS) is 1. The second-order valence-corrected chi connectivity index (χ2v) is 15.0. The number of benzene rings is 4. The number of rotatable bonds is 21. The first kappa shape index (κ1) is 44.5. The van der Waals surface area contributed by atoms with E-state index in [0.29, 0.717) is 30.5 Å². The van der Waals surface area contributed by atoms with Crippen LogP contribution < -0.4 is 38.1 Å². The minimum absolute atomic E-state index is 0.00615. The quantitative estimate of drug-likeness (QED) is 0.0493. The highest BCUT2D eigenvalue weighted by Gasteiger charge is 2.32. The number of aromatic nitrogens is 1. The molecule has 60 heavy (non-hydrogen) atoms. The van der Waals surface area contributed by atoms with Crippen LogP contribution in [0.25, 0.3) is 21.7 Å². The molecule has 15 nitrogen and oxygen atoms in total. The van der Waals surface area contributed by atoms with Crippen molar-refractivity contribution in [2.45, 2.75) is 88.6 Å². The zero-order valence-corrected chi connectivity index (χ0v) is 33.8. The molecule has 0 radical (unpaired) electrons. The minimum atomic E-state index is -1.26. The number of hydrogen-bond donors (Lipinski definition) is 9. The summed E-state index contributed by atoms with van der Waals surface area (Å²) in [5, 5.41) is 26.2. The Morgan fingerprint density at radius 3 is 1.85 bits per heavy atom. The van der Waals surface area contributed by atoms with Crippen LogP contribution in [0.15, 0.2) is 103 Å². The fourth-order valence-corrected chi connectivity index (χ4v) is 6.87. The summed E-state index contributed by atoms with van der Waals surface area (Å²) < 4.78 is 0. The van der Waals surface area contributed by atoms with Crippen molar-refractivity contribution < 1.29 is 33.9 Å². The molecular formula is C45H54N8O7. The van der Waals surface area contributed by atoms with Crippen LogP contribution in [0.1, 0.15) is 49.8 Å². The summed E-state index contributed by atoms with van der Waals surface area (Å²) in [7, 11) is 0. The van der Waals surface area contributed by atoms with E-state index >= 15 is 0 Å². The van der Waals surface area contributed by atoms with Gasteiger partial charge in [-0.25, -0.2) is 4.79 Å². The molecule has 4 aromatic carbocycles. The number of carbonyl (C=O) groups is 6. The Kier molecular flexibility index (Phi) is 15.9. The molecule has 1 aromatic heterocycles. The molecule has 0 saturated heterocycles. The predicted molar refractivity (Wildman–Crippen MR) is 229 cm³/mol. The van der Waals surface area contributed by atoms with Crippen molar-refractivity contribution in [3.63, 3.8) is 0 Å². The number of aromatic amines is 1. The number of carboxylic acids is 1. The van der Waals surface area contributed by atoms with Crippen molar-refractivity contribution in [3.8, 4) is 0 Å². The van der Waals surface area contributed by atoms with E-state index in [0.717, 1.165) is 27.2 Å². The van der Waals surface area contributed by atoms with Crippen LogP contribution in [0, 0.1) is 0 Å². The number of amides is 5.